The minimum absolute atomic E-state index is 0.143. The third-order valence-electron chi connectivity index (χ3n) is 4.67. The Labute approximate surface area is 159 Å². The van der Waals surface area contributed by atoms with Crippen LogP contribution in [0.1, 0.15) is 43.2 Å². The Morgan fingerprint density at radius 1 is 1.21 bits per heavy atom. The normalized spacial score (nSPS) is 17.7. The molecular weight excluding hydrogens is 375 g/mol. The lowest BCUT2D eigenvalue weighted by molar-refractivity contribution is -0.189. The van der Waals surface area contributed by atoms with Gasteiger partial charge in [-0.15, -0.1) is 0 Å². The monoisotopic (exact) mass is 397 g/mol. The van der Waals surface area contributed by atoms with Crippen LogP contribution in [0.3, 0.4) is 0 Å². The van der Waals surface area contributed by atoms with Crippen LogP contribution in [0.25, 0.3) is 10.9 Å². The van der Waals surface area contributed by atoms with E-state index in [1.807, 2.05) is 20.8 Å². The molecule has 1 unspecified atom stereocenters. The number of alkyl halides is 3. The predicted octanol–water partition coefficient (Wildman–Crippen LogP) is 3.02. The average molecular weight is 397 g/mol. The topological polar surface area (TPSA) is 83.2 Å². The van der Waals surface area contributed by atoms with Crippen molar-refractivity contribution < 1.29 is 27.5 Å². The van der Waals surface area contributed by atoms with E-state index in [2.05, 4.69) is 20.4 Å². The van der Waals surface area contributed by atoms with Crippen molar-refractivity contribution in [2.45, 2.75) is 44.8 Å². The van der Waals surface area contributed by atoms with Gasteiger partial charge in [-0.25, -0.2) is 4.79 Å². The molecule has 2 aromatic rings. The number of fused-ring (bicyclic) bond motifs is 1. The van der Waals surface area contributed by atoms with Crippen LogP contribution in [0.15, 0.2) is 18.2 Å². The van der Waals surface area contributed by atoms with Crippen molar-refractivity contribution in [3.8, 4) is 5.75 Å². The fraction of sp³-hybridized carbons (Fsp3) is 0.474. The maximum Gasteiger partial charge on any atom is 0.491 e. The Balaban J connectivity index is 2.04. The molecule has 0 bridgehead atoms. The highest BCUT2D eigenvalue weighted by Gasteiger charge is 2.42. The number of aromatic nitrogens is 1. The average Bonchev–Trinajstić information content (AvgIpc) is 3.20. The second-order valence-electron chi connectivity index (χ2n) is 7.89. The minimum atomic E-state index is -5.17. The molecule has 28 heavy (non-hydrogen) atoms. The van der Waals surface area contributed by atoms with Gasteiger partial charge < -0.3 is 20.4 Å². The maximum atomic E-state index is 12.7. The first kappa shape index (κ1) is 20.2. The quantitative estimate of drug-likeness (QED) is 0.696. The fourth-order valence-corrected chi connectivity index (χ4v) is 3.09. The molecule has 6 nitrogen and oxygen atoms in total. The third-order valence-corrected chi connectivity index (χ3v) is 4.67. The molecule has 1 aromatic carbocycles. The van der Waals surface area contributed by atoms with Crippen molar-refractivity contribution in [3.63, 3.8) is 0 Å². The summed E-state index contributed by atoms with van der Waals surface area (Å²) in [6.45, 7) is 7.27. The summed E-state index contributed by atoms with van der Waals surface area (Å²) >= 11 is 0. The lowest BCUT2D eigenvalue weighted by atomic mass is 9.87. The molecule has 2 heterocycles. The molecule has 9 heteroatoms. The summed E-state index contributed by atoms with van der Waals surface area (Å²) in [5, 5.41) is 6.07. The number of rotatable bonds is 3. The van der Waals surface area contributed by atoms with E-state index in [1.165, 1.54) is 0 Å². The maximum absolute atomic E-state index is 12.7. The summed E-state index contributed by atoms with van der Waals surface area (Å²) in [4.78, 5) is 26.9. The number of H-pyrrole nitrogens is 1. The number of halogens is 3. The highest BCUT2D eigenvalue weighted by atomic mass is 19.4. The number of aromatic amines is 1. The van der Waals surface area contributed by atoms with E-state index in [9.17, 15) is 22.8 Å². The van der Waals surface area contributed by atoms with Crippen molar-refractivity contribution in [2.75, 3.05) is 13.1 Å². The van der Waals surface area contributed by atoms with E-state index in [1.54, 1.807) is 18.2 Å². The zero-order valence-electron chi connectivity index (χ0n) is 15.8. The van der Waals surface area contributed by atoms with E-state index in [0.717, 1.165) is 12.1 Å². The molecule has 3 rings (SSSR count). The van der Waals surface area contributed by atoms with E-state index < -0.39 is 23.8 Å². The smallest absolute Gasteiger partial charge is 0.417 e. The molecular formula is C19H22F3N3O3. The van der Waals surface area contributed by atoms with Gasteiger partial charge in [0.1, 0.15) is 5.69 Å². The molecule has 1 aliphatic rings. The van der Waals surface area contributed by atoms with Crippen LogP contribution in [-0.4, -0.2) is 42.2 Å². The number of nitrogens with one attached hydrogen (secondary N) is 3. The van der Waals surface area contributed by atoms with E-state index >= 15 is 0 Å². The Bertz CT molecular complexity index is 907. The van der Waals surface area contributed by atoms with Crippen LogP contribution in [0, 0.1) is 0 Å². The number of esters is 1. The summed E-state index contributed by atoms with van der Waals surface area (Å²) in [6.07, 6.45) is -4.46. The molecule has 0 radical (unpaired) electrons. The lowest BCUT2D eigenvalue weighted by Gasteiger charge is -2.18. The molecule has 0 aliphatic carbocycles. The number of ether oxygens (including phenoxy) is 1. The summed E-state index contributed by atoms with van der Waals surface area (Å²) in [6, 6.07) is 4.90. The number of carbonyl (C=O) groups excluding carboxylic acids is 2. The second kappa shape index (κ2) is 7.12. The second-order valence-corrected chi connectivity index (χ2v) is 7.89. The van der Waals surface area contributed by atoms with Gasteiger partial charge in [0, 0.05) is 18.0 Å². The molecule has 1 amide bonds. The number of hydrogen-bond acceptors (Lipinski definition) is 4. The Morgan fingerprint density at radius 2 is 1.93 bits per heavy atom. The molecule has 1 aromatic heterocycles. The fourth-order valence-electron chi connectivity index (χ4n) is 3.09. The van der Waals surface area contributed by atoms with Gasteiger partial charge in [0.05, 0.1) is 5.52 Å². The molecule has 1 atom stereocenters. The molecule has 3 N–H and O–H groups in total. The predicted molar refractivity (Wildman–Crippen MR) is 97.4 cm³/mol. The Kier molecular flexibility index (Phi) is 5.14. The highest BCUT2D eigenvalue weighted by Crippen LogP contribution is 2.35. The Morgan fingerprint density at radius 3 is 2.50 bits per heavy atom. The third kappa shape index (κ3) is 4.14. The first-order valence-electron chi connectivity index (χ1n) is 8.93. The van der Waals surface area contributed by atoms with E-state index in [4.69, 9.17) is 0 Å². The molecule has 1 fully saturated rings. The molecule has 1 aliphatic heterocycles. The Hall–Kier alpha value is -2.55. The van der Waals surface area contributed by atoms with Crippen molar-refractivity contribution in [1.29, 1.82) is 0 Å². The van der Waals surface area contributed by atoms with Crippen molar-refractivity contribution >= 4 is 22.8 Å². The summed E-state index contributed by atoms with van der Waals surface area (Å²) in [7, 11) is 0. The number of hydrogen-bond donors (Lipinski definition) is 3. The van der Waals surface area contributed by atoms with Crippen molar-refractivity contribution in [2.24, 2.45) is 0 Å². The van der Waals surface area contributed by atoms with Crippen LogP contribution in [-0.2, 0) is 10.2 Å². The summed E-state index contributed by atoms with van der Waals surface area (Å²) in [5.41, 5.74) is 0.930. The number of amides is 1. The van der Waals surface area contributed by atoms with Gasteiger partial charge in [-0.05, 0) is 36.1 Å². The number of carbonyl (C=O) groups is 2. The van der Waals surface area contributed by atoms with E-state index in [-0.39, 0.29) is 22.5 Å². The van der Waals surface area contributed by atoms with Crippen molar-refractivity contribution in [1.82, 2.24) is 15.6 Å². The zero-order valence-corrected chi connectivity index (χ0v) is 15.8. The van der Waals surface area contributed by atoms with Gasteiger partial charge >= 0.3 is 12.1 Å². The van der Waals surface area contributed by atoms with Gasteiger partial charge in [0.25, 0.3) is 5.91 Å². The van der Waals surface area contributed by atoms with Gasteiger partial charge in [-0.3, -0.25) is 4.79 Å². The largest absolute Gasteiger partial charge is 0.491 e. The van der Waals surface area contributed by atoms with Crippen LogP contribution < -0.4 is 15.4 Å². The number of benzene rings is 1. The van der Waals surface area contributed by atoms with Gasteiger partial charge in [-0.2, -0.15) is 13.2 Å². The highest BCUT2D eigenvalue weighted by molar-refractivity contribution is 6.05. The molecule has 0 saturated carbocycles. The summed E-state index contributed by atoms with van der Waals surface area (Å²) < 4.78 is 42.8. The first-order chi connectivity index (χ1) is 13.0. The molecule has 152 valence electrons. The van der Waals surface area contributed by atoms with Crippen LogP contribution in [0.2, 0.25) is 0 Å². The van der Waals surface area contributed by atoms with Gasteiger partial charge in [0.15, 0.2) is 5.75 Å². The minimum Gasteiger partial charge on any atom is -0.417 e. The standard InChI is InChI=1S/C19H22F3N3O3/c1-18(2,3)10-4-5-12-13(8-10)25-14(15(12)28-17(27)19(20,21)22)16(26)24-11-6-7-23-9-11/h4-5,8,11,23,25H,6-7,9H2,1-3H3,(H,24,26). The van der Waals surface area contributed by atoms with Crippen LogP contribution >= 0.6 is 0 Å². The SMILES string of the molecule is CC(C)(C)c1ccc2c(OC(=O)C(F)(F)F)c(C(=O)NC3CCNC3)[nH]c2c1. The molecule has 0 spiro atoms. The first-order valence-corrected chi connectivity index (χ1v) is 8.93. The molecule has 1 saturated heterocycles. The zero-order chi connectivity index (χ0) is 20.7. The van der Waals surface area contributed by atoms with Crippen molar-refractivity contribution in [3.05, 3.63) is 29.5 Å². The van der Waals surface area contributed by atoms with Crippen LogP contribution in [0.4, 0.5) is 13.2 Å². The lowest BCUT2D eigenvalue weighted by Crippen LogP contribution is -2.37. The van der Waals surface area contributed by atoms with Gasteiger partial charge in [-0.1, -0.05) is 26.8 Å². The van der Waals surface area contributed by atoms with E-state index in [0.29, 0.717) is 18.5 Å². The van der Waals surface area contributed by atoms with Crippen LogP contribution in [0.5, 0.6) is 5.75 Å². The summed E-state index contributed by atoms with van der Waals surface area (Å²) in [5.74, 6) is -3.40. The van der Waals surface area contributed by atoms with Gasteiger partial charge in [0.2, 0.25) is 0 Å².